The van der Waals surface area contributed by atoms with Gasteiger partial charge in [-0.2, -0.15) is 0 Å². The van der Waals surface area contributed by atoms with Crippen molar-refractivity contribution in [3.8, 4) is 0 Å². The predicted molar refractivity (Wildman–Crippen MR) is 55.7 cm³/mol. The van der Waals surface area contributed by atoms with Crippen molar-refractivity contribution < 1.29 is 4.79 Å². The number of rotatable bonds is 4. The lowest BCUT2D eigenvalue weighted by atomic mass is 10.1. The van der Waals surface area contributed by atoms with Crippen LogP contribution in [0.4, 0.5) is 0 Å². The van der Waals surface area contributed by atoms with E-state index in [2.05, 4.69) is 10.7 Å². The van der Waals surface area contributed by atoms with Crippen molar-refractivity contribution in [1.29, 1.82) is 0 Å². The molecule has 0 saturated heterocycles. The summed E-state index contributed by atoms with van der Waals surface area (Å²) in [6.07, 6.45) is 0. The van der Waals surface area contributed by atoms with E-state index in [4.69, 9.17) is 5.84 Å². The number of aryl methyl sites for hydroxylation is 1. The Morgan fingerprint density at radius 1 is 1.29 bits per heavy atom. The highest BCUT2D eigenvalue weighted by Gasteiger charge is 2.02. The molecule has 1 aromatic carbocycles. The van der Waals surface area contributed by atoms with E-state index < -0.39 is 0 Å². The molecular weight excluding hydrogens is 178 g/mol. The van der Waals surface area contributed by atoms with Crippen molar-refractivity contribution >= 4 is 5.91 Å². The summed E-state index contributed by atoms with van der Waals surface area (Å²) in [5.41, 5.74) is 4.29. The van der Waals surface area contributed by atoms with Crippen molar-refractivity contribution in [3.05, 3.63) is 35.4 Å². The zero-order chi connectivity index (χ0) is 10.4. The molecule has 1 rings (SSSR count). The number of hydrogen-bond donors (Lipinski definition) is 3. The van der Waals surface area contributed by atoms with Gasteiger partial charge in [0, 0.05) is 18.7 Å². The van der Waals surface area contributed by atoms with E-state index in [1.807, 2.05) is 19.1 Å². The highest BCUT2D eigenvalue weighted by molar-refractivity contribution is 5.94. The standard InChI is InChI=1S/C10H15N3O/c1-8-2-4-9(5-3-8)10(14)12-6-7-13-11/h2-5,13H,6-7,11H2,1H3,(H,12,14). The summed E-state index contributed by atoms with van der Waals surface area (Å²) in [5.74, 6) is 5.00. The van der Waals surface area contributed by atoms with Crippen molar-refractivity contribution in [2.75, 3.05) is 13.1 Å². The van der Waals surface area contributed by atoms with Gasteiger partial charge in [0.05, 0.1) is 0 Å². The van der Waals surface area contributed by atoms with Gasteiger partial charge in [-0.05, 0) is 19.1 Å². The van der Waals surface area contributed by atoms with Gasteiger partial charge < -0.3 is 5.32 Å². The Hall–Kier alpha value is -1.39. The molecule has 14 heavy (non-hydrogen) atoms. The number of carbonyl (C=O) groups excluding carboxylic acids is 1. The number of hydrazine groups is 1. The quantitative estimate of drug-likeness (QED) is 0.363. The highest BCUT2D eigenvalue weighted by Crippen LogP contribution is 2.02. The van der Waals surface area contributed by atoms with Crippen LogP contribution in [0.1, 0.15) is 15.9 Å². The second-order valence-corrected chi connectivity index (χ2v) is 3.08. The van der Waals surface area contributed by atoms with Crippen LogP contribution in [0.15, 0.2) is 24.3 Å². The lowest BCUT2D eigenvalue weighted by molar-refractivity contribution is 0.0954. The first kappa shape index (κ1) is 10.7. The van der Waals surface area contributed by atoms with Gasteiger partial charge >= 0.3 is 0 Å². The van der Waals surface area contributed by atoms with Gasteiger partial charge in [-0.25, -0.2) is 0 Å². The van der Waals surface area contributed by atoms with Crippen LogP contribution >= 0.6 is 0 Å². The van der Waals surface area contributed by atoms with E-state index >= 15 is 0 Å². The average Bonchev–Trinajstić information content (AvgIpc) is 2.19. The summed E-state index contributed by atoms with van der Waals surface area (Å²) in [4.78, 5) is 11.5. The molecule has 0 fully saturated rings. The molecule has 0 atom stereocenters. The minimum Gasteiger partial charge on any atom is -0.351 e. The summed E-state index contributed by atoms with van der Waals surface area (Å²) in [5, 5.41) is 2.74. The summed E-state index contributed by atoms with van der Waals surface area (Å²) in [6.45, 7) is 3.08. The molecule has 0 unspecified atom stereocenters. The number of amides is 1. The fourth-order valence-corrected chi connectivity index (χ4v) is 1.06. The van der Waals surface area contributed by atoms with Crippen LogP contribution in [-0.4, -0.2) is 19.0 Å². The molecule has 0 aliphatic heterocycles. The normalized spacial score (nSPS) is 9.86. The lowest BCUT2D eigenvalue weighted by Crippen LogP contribution is -2.34. The molecule has 4 heteroatoms. The van der Waals surface area contributed by atoms with Gasteiger partial charge in [-0.15, -0.1) is 0 Å². The molecule has 4 N–H and O–H groups in total. The van der Waals surface area contributed by atoms with Gasteiger partial charge in [-0.1, -0.05) is 17.7 Å². The fourth-order valence-electron chi connectivity index (χ4n) is 1.06. The molecule has 0 radical (unpaired) electrons. The first-order valence-electron chi connectivity index (χ1n) is 4.52. The van der Waals surface area contributed by atoms with E-state index in [0.29, 0.717) is 18.7 Å². The smallest absolute Gasteiger partial charge is 0.251 e. The van der Waals surface area contributed by atoms with Gasteiger partial charge in [-0.3, -0.25) is 16.1 Å². The number of nitrogens with one attached hydrogen (secondary N) is 2. The summed E-state index contributed by atoms with van der Waals surface area (Å²) >= 11 is 0. The van der Waals surface area contributed by atoms with Crippen LogP contribution in [0.2, 0.25) is 0 Å². The Labute approximate surface area is 83.5 Å². The third-order valence-corrected chi connectivity index (χ3v) is 1.87. The number of benzene rings is 1. The van der Waals surface area contributed by atoms with Crippen LogP contribution < -0.4 is 16.6 Å². The molecule has 0 aromatic heterocycles. The van der Waals surface area contributed by atoms with Gasteiger partial charge in [0.1, 0.15) is 0 Å². The number of carbonyl (C=O) groups is 1. The molecule has 0 heterocycles. The predicted octanol–water partition coefficient (Wildman–Crippen LogP) is 0.188. The maximum atomic E-state index is 11.5. The van der Waals surface area contributed by atoms with Crippen LogP contribution in [0, 0.1) is 6.92 Å². The molecule has 4 nitrogen and oxygen atoms in total. The maximum Gasteiger partial charge on any atom is 0.251 e. The van der Waals surface area contributed by atoms with E-state index in [0.717, 1.165) is 5.56 Å². The second-order valence-electron chi connectivity index (χ2n) is 3.08. The monoisotopic (exact) mass is 193 g/mol. The molecule has 0 spiro atoms. The van der Waals surface area contributed by atoms with Crippen molar-refractivity contribution in [3.63, 3.8) is 0 Å². The highest BCUT2D eigenvalue weighted by atomic mass is 16.1. The number of nitrogens with two attached hydrogens (primary N) is 1. The Bertz CT molecular complexity index is 295. The third kappa shape index (κ3) is 3.16. The molecule has 0 aliphatic rings. The van der Waals surface area contributed by atoms with E-state index in [9.17, 15) is 4.79 Å². The van der Waals surface area contributed by atoms with Crippen molar-refractivity contribution in [2.24, 2.45) is 5.84 Å². The largest absolute Gasteiger partial charge is 0.351 e. The SMILES string of the molecule is Cc1ccc(C(=O)NCCNN)cc1. The van der Waals surface area contributed by atoms with Crippen molar-refractivity contribution in [2.45, 2.75) is 6.92 Å². The topological polar surface area (TPSA) is 67.2 Å². The molecule has 0 saturated carbocycles. The Morgan fingerprint density at radius 2 is 1.93 bits per heavy atom. The Morgan fingerprint density at radius 3 is 2.50 bits per heavy atom. The zero-order valence-corrected chi connectivity index (χ0v) is 8.21. The van der Waals surface area contributed by atoms with E-state index in [1.165, 1.54) is 0 Å². The first-order valence-corrected chi connectivity index (χ1v) is 4.52. The minimum atomic E-state index is -0.0692. The molecule has 1 aromatic rings. The van der Waals surface area contributed by atoms with Crippen LogP contribution in [0.3, 0.4) is 0 Å². The average molecular weight is 193 g/mol. The molecular formula is C10H15N3O. The molecule has 1 amide bonds. The second kappa shape index (κ2) is 5.36. The third-order valence-electron chi connectivity index (χ3n) is 1.87. The summed E-state index contributed by atoms with van der Waals surface area (Å²) in [6, 6.07) is 7.44. The number of hydrogen-bond acceptors (Lipinski definition) is 3. The first-order chi connectivity index (χ1) is 6.74. The maximum absolute atomic E-state index is 11.5. The fraction of sp³-hybridized carbons (Fsp3) is 0.300. The van der Waals surface area contributed by atoms with Crippen LogP contribution in [-0.2, 0) is 0 Å². The Kier molecular flexibility index (Phi) is 4.10. The molecule has 76 valence electrons. The zero-order valence-electron chi connectivity index (χ0n) is 8.21. The molecule has 0 aliphatic carbocycles. The Balaban J connectivity index is 2.48. The lowest BCUT2D eigenvalue weighted by Gasteiger charge is -2.04. The van der Waals surface area contributed by atoms with Gasteiger partial charge in [0.25, 0.3) is 5.91 Å². The van der Waals surface area contributed by atoms with Crippen LogP contribution in [0.5, 0.6) is 0 Å². The summed E-state index contributed by atoms with van der Waals surface area (Å²) < 4.78 is 0. The van der Waals surface area contributed by atoms with Gasteiger partial charge in [0.2, 0.25) is 0 Å². The van der Waals surface area contributed by atoms with Crippen LogP contribution in [0.25, 0.3) is 0 Å². The molecule has 0 bridgehead atoms. The van der Waals surface area contributed by atoms with E-state index in [-0.39, 0.29) is 5.91 Å². The van der Waals surface area contributed by atoms with Gasteiger partial charge in [0.15, 0.2) is 0 Å². The van der Waals surface area contributed by atoms with E-state index in [1.54, 1.807) is 12.1 Å². The summed E-state index contributed by atoms with van der Waals surface area (Å²) in [7, 11) is 0. The van der Waals surface area contributed by atoms with Crippen molar-refractivity contribution in [1.82, 2.24) is 10.7 Å². The minimum absolute atomic E-state index is 0.0692.